The van der Waals surface area contributed by atoms with Crippen LogP contribution in [0.2, 0.25) is 0 Å². The van der Waals surface area contributed by atoms with Gasteiger partial charge in [-0.25, -0.2) is 4.39 Å². The maximum Gasteiger partial charge on any atom is 0.260 e. The number of amides is 1. The van der Waals surface area contributed by atoms with Gasteiger partial charge in [0.1, 0.15) is 17.3 Å². The summed E-state index contributed by atoms with van der Waals surface area (Å²) in [4.78, 5) is 14.0. The van der Waals surface area contributed by atoms with Crippen LogP contribution in [0.5, 0.6) is 11.5 Å². The number of likely N-dealkylation sites (N-methyl/N-ethyl adjacent to an activating group) is 1. The maximum absolute atomic E-state index is 13.1. The van der Waals surface area contributed by atoms with Crippen molar-refractivity contribution in [2.75, 3.05) is 20.8 Å². The van der Waals surface area contributed by atoms with Crippen LogP contribution in [0.15, 0.2) is 46.9 Å². The van der Waals surface area contributed by atoms with Gasteiger partial charge in [0.15, 0.2) is 6.61 Å². The topological polar surface area (TPSA) is 38.8 Å². The molecule has 0 unspecified atom stereocenters. The molecule has 2 rings (SSSR count). The highest BCUT2D eigenvalue weighted by atomic mass is 79.9. The van der Waals surface area contributed by atoms with E-state index in [2.05, 4.69) is 15.9 Å². The summed E-state index contributed by atoms with van der Waals surface area (Å²) in [5, 5.41) is 0. The zero-order valence-corrected chi connectivity index (χ0v) is 15.3. The lowest BCUT2D eigenvalue weighted by Crippen LogP contribution is -2.33. The first-order valence-corrected chi connectivity index (χ1v) is 8.19. The fraction of sp³-hybridized carbons (Fsp3) is 0.278. The van der Waals surface area contributed by atoms with Crippen molar-refractivity contribution in [2.24, 2.45) is 0 Å². The molecule has 0 spiro atoms. The highest BCUT2D eigenvalue weighted by molar-refractivity contribution is 9.10. The number of para-hydroxylation sites is 1. The SMILES string of the molecule is COc1ccccc1[C@@H](C)N(C)C(=O)COc1ccc(F)cc1Br. The largest absolute Gasteiger partial charge is 0.496 e. The van der Waals surface area contributed by atoms with Crippen molar-refractivity contribution in [1.29, 1.82) is 0 Å². The van der Waals surface area contributed by atoms with E-state index in [1.54, 1.807) is 19.1 Å². The molecule has 0 saturated heterocycles. The lowest BCUT2D eigenvalue weighted by atomic mass is 10.1. The molecular weight excluding hydrogens is 377 g/mol. The molecule has 0 bridgehead atoms. The Labute approximate surface area is 149 Å². The Hall–Kier alpha value is -2.08. The number of methoxy groups -OCH3 is 1. The van der Waals surface area contributed by atoms with E-state index in [0.717, 1.165) is 11.3 Å². The number of hydrogen-bond acceptors (Lipinski definition) is 3. The Morgan fingerprint density at radius 1 is 1.25 bits per heavy atom. The van der Waals surface area contributed by atoms with Crippen molar-refractivity contribution in [3.05, 3.63) is 58.3 Å². The third-order valence-electron chi connectivity index (χ3n) is 3.81. The second-order valence-electron chi connectivity index (χ2n) is 5.29. The Bertz CT molecular complexity index is 723. The molecule has 0 aliphatic carbocycles. The van der Waals surface area contributed by atoms with Gasteiger partial charge in [-0.2, -0.15) is 0 Å². The molecule has 24 heavy (non-hydrogen) atoms. The molecule has 0 radical (unpaired) electrons. The van der Waals surface area contributed by atoms with Crippen molar-refractivity contribution in [2.45, 2.75) is 13.0 Å². The molecule has 0 aliphatic heterocycles. The van der Waals surface area contributed by atoms with Crippen LogP contribution in [0, 0.1) is 5.82 Å². The monoisotopic (exact) mass is 395 g/mol. The number of benzene rings is 2. The lowest BCUT2D eigenvalue weighted by molar-refractivity contribution is -0.134. The van der Waals surface area contributed by atoms with Gasteiger partial charge in [0.2, 0.25) is 0 Å². The number of carbonyl (C=O) groups excluding carboxylic acids is 1. The van der Waals surface area contributed by atoms with Crippen LogP contribution in [0.25, 0.3) is 0 Å². The molecule has 0 heterocycles. The van der Waals surface area contributed by atoms with Crippen LogP contribution in [0.3, 0.4) is 0 Å². The molecule has 4 nitrogen and oxygen atoms in total. The van der Waals surface area contributed by atoms with Crippen LogP contribution in [-0.4, -0.2) is 31.6 Å². The van der Waals surface area contributed by atoms with Crippen molar-refractivity contribution in [3.8, 4) is 11.5 Å². The summed E-state index contributed by atoms with van der Waals surface area (Å²) < 4.78 is 24.4. The summed E-state index contributed by atoms with van der Waals surface area (Å²) in [5.74, 6) is 0.585. The highest BCUT2D eigenvalue weighted by Crippen LogP contribution is 2.29. The van der Waals surface area contributed by atoms with Gasteiger partial charge in [-0.15, -0.1) is 0 Å². The molecular formula is C18H19BrFNO3. The number of ether oxygens (including phenoxy) is 2. The van der Waals surface area contributed by atoms with Gasteiger partial charge < -0.3 is 14.4 Å². The van der Waals surface area contributed by atoms with Crippen LogP contribution in [-0.2, 0) is 4.79 Å². The fourth-order valence-corrected chi connectivity index (χ4v) is 2.74. The van der Waals surface area contributed by atoms with Gasteiger partial charge >= 0.3 is 0 Å². The van der Waals surface area contributed by atoms with E-state index in [4.69, 9.17) is 9.47 Å². The van der Waals surface area contributed by atoms with E-state index in [1.807, 2.05) is 31.2 Å². The fourth-order valence-electron chi connectivity index (χ4n) is 2.27. The molecule has 0 saturated carbocycles. The average Bonchev–Trinajstić information content (AvgIpc) is 2.59. The molecule has 128 valence electrons. The third kappa shape index (κ3) is 4.26. The van der Waals surface area contributed by atoms with Crippen LogP contribution in [0.1, 0.15) is 18.5 Å². The van der Waals surface area contributed by atoms with E-state index in [9.17, 15) is 9.18 Å². The molecule has 0 aromatic heterocycles. The standard InChI is InChI=1S/C18H19BrFNO3/c1-12(14-6-4-5-7-16(14)23-3)21(2)18(22)11-24-17-9-8-13(20)10-15(17)19/h4-10,12H,11H2,1-3H3/t12-/m1/s1. The summed E-state index contributed by atoms with van der Waals surface area (Å²) in [6.07, 6.45) is 0. The van der Waals surface area contributed by atoms with E-state index < -0.39 is 0 Å². The summed E-state index contributed by atoms with van der Waals surface area (Å²) in [6, 6.07) is 11.4. The van der Waals surface area contributed by atoms with Gasteiger partial charge in [-0.05, 0) is 47.1 Å². The van der Waals surface area contributed by atoms with Crippen molar-refractivity contribution >= 4 is 21.8 Å². The number of halogens is 2. The Morgan fingerprint density at radius 2 is 1.96 bits per heavy atom. The number of nitrogens with zero attached hydrogens (tertiary/aromatic N) is 1. The van der Waals surface area contributed by atoms with Gasteiger partial charge in [0.05, 0.1) is 17.6 Å². The van der Waals surface area contributed by atoms with Crippen molar-refractivity contribution in [3.63, 3.8) is 0 Å². The number of hydrogen-bond donors (Lipinski definition) is 0. The zero-order valence-electron chi connectivity index (χ0n) is 13.8. The summed E-state index contributed by atoms with van der Waals surface area (Å²) in [5.41, 5.74) is 0.916. The lowest BCUT2D eigenvalue weighted by Gasteiger charge is -2.26. The predicted molar refractivity (Wildman–Crippen MR) is 93.8 cm³/mol. The summed E-state index contributed by atoms with van der Waals surface area (Å²) >= 11 is 3.21. The highest BCUT2D eigenvalue weighted by Gasteiger charge is 2.20. The van der Waals surface area contributed by atoms with Crippen LogP contribution >= 0.6 is 15.9 Å². The zero-order chi connectivity index (χ0) is 17.7. The summed E-state index contributed by atoms with van der Waals surface area (Å²) in [7, 11) is 3.31. The minimum absolute atomic E-state index is 0.139. The molecule has 2 aromatic carbocycles. The minimum Gasteiger partial charge on any atom is -0.496 e. The van der Waals surface area contributed by atoms with Crippen LogP contribution < -0.4 is 9.47 Å². The Balaban J connectivity index is 2.03. The third-order valence-corrected chi connectivity index (χ3v) is 4.43. The van der Waals surface area contributed by atoms with E-state index in [0.29, 0.717) is 10.2 Å². The van der Waals surface area contributed by atoms with Crippen LogP contribution in [0.4, 0.5) is 4.39 Å². The average molecular weight is 396 g/mol. The maximum atomic E-state index is 13.1. The van der Waals surface area contributed by atoms with Gasteiger partial charge in [0, 0.05) is 12.6 Å². The van der Waals surface area contributed by atoms with Gasteiger partial charge in [-0.3, -0.25) is 4.79 Å². The van der Waals surface area contributed by atoms with E-state index in [-0.39, 0.29) is 24.4 Å². The van der Waals surface area contributed by atoms with E-state index in [1.165, 1.54) is 18.2 Å². The normalized spacial score (nSPS) is 11.7. The molecule has 6 heteroatoms. The first-order chi connectivity index (χ1) is 11.4. The van der Waals surface area contributed by atoms with Crippen molar-refractivity contribution in [1.82, 2.24) is 4.90 Å². The smallest absolute Gasteiger partial charge is 0.260 e. The quantitative estimate of drug-likeness (QED) is 0.735. The molecule has 2 aromatic rings. The van der Waals surface area contributed by atoms with E-state index >= 15 is 0 Å². The van der Waals surface area contributed by atoms with Gasteiger partial charge in [0.25, 0.3) is 5.91 Å². The second kappa shape index (κ2) is 8.15. The Morgan fingerprint density at radius 3 is 2.62 bits per heavy atom. The van der Waals surface area contributed by atoms with Crippen molar-refractivity contribution < 1.29 is 18.7 Å². The first-order valence-electron chi connectivity index (χ1n) is 7.40. The second-order valence-corrected chi connectivity index (χ2v) is 6.14. The van der Waals surface area contributed by atoms with Gasteiger partial charge in [-0.1, -0.05) is 18.2 Å². The molecule has 1 amide bonds. The molecule has 0 N–H and O–H groups in total. The molecule has 1 atom stereocenters. The number of carbonyl (C=O) groups is 1. The first kappa shape index (κ1) is 18.3. The Kier molecular flexibility index (Phi) is 6.20. The summed E-state index contributed by atoms with van der Waals surface area (Å²) in [6.45, 7) is 1.78. The molecule has 0 fully saturated rings. The minimum atomic E-state index is -0.373. The predicted octanol–water partition coefficient (Wildman–Crippen LogP) is 4.20. The number of rotatable bonds is 6. The molecule has 0 aliphatic rings.